The van der Waals surface area contributed by atoms with Crippen LogP contribution in [0.15, 0.2) is 41.7 Å². The highest BCUT2D eigenvalue weighted by Crippen LogP contribution is 2.13. The van der Waals surface area contributed by atoms with Gasteiger partial charge in [-0.05, 0) is 24.6 Å². The molecule has 0 aliphatic heterocycles. The van der Waals surface area contributed by atoms with Crippen molar-refractivity contribution in [3.05, 3.63) is 36.8 Å². The first-order valence-corrected chi connectivity index (χ1v) is 7.60. The lowest BCUT2D eigenvalue weighted by molar-refractivity contribution is 0.600. The summed E-state index contributed by atoms with van der Waals surface area (Å²) in [4.78, 5) is 11.7. The maximum atomic E-state index is 12.1. The van der Waals surface area contributed by atoms with Crippen LogP contribution in [0.4, 0.5) is 11.8 Å². The van der Waals surface area contributed by atoms with Crippen LogP contribution < -0.4 is 10.0 Å². The number of nitrogens with one attached hydrogen (secondary N) is 2. The fraction of sp³-hybridized carbons (Fsp3) is 0.250. The van der Waals surface area contributed by atoms with Gasteiger partial charge in [-0.3, -0.25) is 0 Å². The summed E-state index contributed by atoms with van der Waals surface area (Å²) in [5, 5.41) is 3.07. The van der Waals surface area contributed by atoms with Crippen LogP contribution in [0, 0.1) is 0 Å². The molecule has 0 radical (unpaired) electrons. The summed E-state index contributed by atoms with van der Waals surface area (Å²) >= 11 is 0. The lowest BCUT2D eigenvalue weighted by Crippen LogP contribution is -2.15. The van der Waals surface area contributed by atoms with Crippen LogP contribution in [0.3, 0.4) is 0 Å². The van der Waals surface area contributed by atoms with Gasteiger partial charge in [0, 0.05) is 25.1 Å². The number of nitrogens with zero attached hydrogens (tertiary/aromatic N) is 3. The van der Waals surface area contributed by atoms with Gasteiger partial charge in [0.1, 0.15) is 10.7 Å². The van der Waals surface area contributed by atoms with Gasteiger partial charge in [0.2, 0.25) is 5.95 Å². The largest absolute Gasteiger partial charge is 0.370 e. The number of aromatic nitrogens is 3. The van der Waals surface area contributed by atoms with Crippen molar-refractivity contribution in [2.24, 2.45) is 0 Å². The van der Waals surface area contributed by atoms with Crippen LogP contribution >= 0.6 is 0 Å². The van der Waals surface area contributed by atoms with Crippen molar-refractivity contribution >= 4 is 21.8 Å². The van der Waals surface area contributed by atoms with Gasteiger partial charge in [-0.1, -0.05) is 6.92 Å². The van der Waals surface area contributed by atoms with Gasteiger partial charge in [-0.2, -0.15) is 0 Å². The second-order valence-corrected chi connectivity index (χ2v) is 5.67. The van der Waals surface area contributed by atoms with Crippen molar-refractivity contribution in [3.8, 4) is 0 Å². The molecule has 2 aromatic heterocycles. The predicted molar refractivity (Wildman–Crippen MR) is 75.9 cm³/mol. The molecule has 0 atom stereocenters. The van der Waals surface area contributed by atoms with Crippen molar-refractivity contribution in [3.63, 3.8) is 0 Å². The molecule has 0 aromatic carbocycles. The van der Waals surface area contributed by atoms with Crippen LogP contribution in [0.25, 0.3) is 0 Å². The molecule has 0 aliphatic rings. The Hall–Kier alpha value is -2.22. The van der Waals surface area contributed by atoms with Crippen LogP contribution in [-0.2, 0) is 10.0 Å². The van der Waals surface area contributed by atoms with Gasteiger partial charge < -0.3 is 5.32 Å². The van der Waals surface area contributed by atoms with Crippen molar-refractivity contribution in [2.75, 3.05) is 16.6 Å². The highest BCUT2D eigenvalue weighted by Gasteiger charge is 2.15. The summed E-state index contributed by atoms with van der Waals surface area (Å²) in [5.74, 6) is 0.669. The third-order valence-corrected chi connectivity index (χ3v) is 3.71. The first-order valence-electron chi connectivity index (χ1n) is 6.11. The van der Waals surface area contributed by atoms with Crippen molar-refractivity contribution in [2.45, 2.75) is 18.2 Å². The van der Waals surface area contributed by atoms with E-state index in [4.69, 9.17) is 0 Å². The van der Waals surface area contributed by atoms with E-state index in [2.05, 4.69) is 25.0 Å². The third kappa shape index (κ3) is 3.64. The van der Waals surface area contributed by atoms with Crippen LogP contribution in [-0.4, -0.2) is 29.9 Å². The smallest absolute Gasteiger partial charge is 0.265 e. The van der Waals surface area contributed by atoms with Crippen molar-refractivity contribution in [1.29, 1.82) is 0 Å². The molecule has 8 heteroatoms. The quantitative estimate of drug-likeness (QED) is 0.837. The van der Waals surface area contributed by atoms with Gasteiger partial charge in [-0.25, -0.2) is 28.1 Å². The molecule has 2 rings (SSSR count). The SMILES string of the molecule is CCCNc1ccc(S(=O)(=O)Nc2ncccn2)cn1. The van der Waals surface area contributed by atoms with E-state index in [9.17, 15) is 8.42 Å². The summed E-state index contributed by atoms with van der Waals surface area (Å²) in [7, 11) is -3.72. The molecular formula is C12H15N5O2S. The molecule has 7 nitrogen and oxygen atoms in total. The first kappa shape index (κ1) is 14.2. The highest BCUT2D eigenvalue weighted by molar-refractivity contribution is 7.92. The summed E-state index contributed by atoms with van der Waals surface area (Å²) in [6, 6.07) is 4.71. The molecule has 0 bridgehead atoms. The maximum absolute atomic E-state index is 12.1. The Bertz CT molecular complexity index is 643. The zero-order chi connectivity index (χ0) is 14.4. The van der Waals surface area contributed by atoms with Gasteiger partial charge in [-0.15, -0.1) is 0 Å². The third-order valence-electron chi connectivity index (χ3n) is 2.39. The van der Waals surface area contributed by atoms with E-state index in [0.717, 1.165) is 13.0 Å². The second-order valence-electron chi connectivity index (χ2n) is 3.98. The van der Waals surface area contributed by atoms with E-state index in [-0.39, 0.29) is 10.8 Å². The Morgan fingerprint density at radius 3 is 2.50 bits per heavy atom. The van der Waals surface area contributed by atoms with E-state index in [1.54, 1.807) is 12.1 Å². The molecule has 2 heterocycles. The number of pyridine rings is 1. The Morgan fingerprint density at radius 2 is 1.90 bits per heavy atom. The first-order chi connectivity index (χ1) is 9.62. The number of rotatable bonds is 6. The summed E-state index contributed by atoms with van der Waals surface area (Å²) in [6.07, 6.45) is 5.18. The van der Waals surface area contributed by atoms with Gasteiger partial charge in [0.15, 0.2) is 0 Å². The van der Waals surface area contributed by atoms with E-state index in [1.165, 1.54) is 24.7 Å². The zero-order valence-corrected chi connectivity index (χ0v) is 11.8. The summed E-state index contributed by atoms with van der Waals surface area (Å²) in [6.45, 7) is 2.82. The van der Waals surface area contributed by atoms with Gasteiger partial charge in [0.25, 0.3) is 10.0 Å². The molecule has 0 fully saturated rings. The molecule has 0 saturated heterocycles. The van der Waals surface area contributed by atoms with Gasteiger partial charge >= 0.3 is 0 Å². The minimum Gasteiger partial charge on any atom is -0.370 e. The monoisotopic (exact) mass is 293 g/mol. The fourth-order valence-corrected chi connectivity index (χ4v) is 2.33. The fourth-order valence-electron chi connectivity index (χ4n) is 1.43. The van der Waals surface area contributed by atoms with E-state index >= 15 is 0 Å². The van der Waals surface area contributed by atoms with E-state index in [1.807, 2.05) is 6.92 Å². The molecule has 0 saturated carbocycles. The maximum Gasteiger partial charge on any atom is 0.265 e. The Morgan fingerprint density at radius 1 is 1.15 bits per heavy atom. The molecule has 106 valence electrons. The number of hydrogen-bond donors (Lipinski definition) is 2. The Balaban J connectivity index is 2.13. The van der Waals surface area contributed by atoms with Crippen LogP contribution in [0.1, 0.15) is 13.3 Å². The zero-order valence-electron chi connectivity index (χ0n) is 10.9. The molecule has 0 amide bonds. The molecule has 0 aliphatic carbocycles. The van der Waals surface area contributed by atoms with Crippen molar-refractivity contribution in [1.82, 2.24) is 15.0 Å². The minimum atomic E-state index is -3.72. The minimum absolute atomic E-state index is 0.0284. The predicted octanol–water partition coefficient (Wildman–Crippen LogP) is 1.49. The van der Waals surface area contributed by atoms with Gasteiger partial charge in [0.05, 0.1) is 0 Å². The topological polar surface area (TPSA) is 96.9 Å². The van der Waals surface area contributed by atoms with Crippen LogP contribution in [0.2, 0.25) is 0 Å². The lowest BCUT2D eigenvalue weighted by Gasteiger charge is -2.07. The number of anilines is 2. The Kier molecular flexibility index (Phi) is 4.46. The van der Waals surface area contributed by atoms with E-state index < -0.39 is 10.0 Å². The van der Waals surface area contributed by atoms with Crippen LogP contribution in [0.5, 0.6) is 0 Å². The Labute approximate surface area is 117 Å². The molecule has 2 N–H and O–H groups in total. The van der Waals surface area contributed by atoms with E-state index in [0.29, 0.717) is 5.82 Å². The average Bonchev–Trinajstić information content (AvgIpc) is 2.46. The molecule has 0 unspecified atom stereocenters. The standard InChI is InChI=1S/C12H15N5O2S/c1-2-6-13-11-5-4-10(9-16-11)20(18,19)17-12-14-7-3-8-15-12/h3-5,7-9H,2,6H2,1H3,(H,13,16)(H,14,15,17). The molecular weight excluding hydrogens is 278 g/mol. The summed E-state index contributed by atoms with van der Waals surface area (Å²) < 4.78 is 26.4. The van der Waals surface area contributed by atoms with Crippen molar-refractivity contribution < 1.29 is 8.42 Å². The number of sulfonamides is 1. The highest BCUT2D eigenvalue weighted by atomic mass is 32.2. The molecule has 20 heavy (non-hydrogen) atoms. The second kappa shape index (κ2) is 6.29. The number of hydrogen-bond acceptors (Lipinski definition) is 6. The lowest BCUT2D eigenvalue weighted by atomic mass is 10.4. The summed E-state index contributed by atoms with van der Waals surface area (Å²) in [5.41, 5.74) is 0. The molecule has 2 aromatic rings. The molecule has 0 spiro atoms. The normalized spacial score (nSPS) is 11.1. The average molecular weight is 293 g/mol.